The summed E-state index contributed by atoms with van der Waals surface area (Å²) in [4.78, 5) is 22.5. The first-order valence-corrected chi connectivity index (χ1v) is 7.50. The number of hydrogen-bond acceptors (Lipinski definition) is 5. The molecule has 120 valence electrons. The minimum atomic E-state index is -0.567. The maximum absolute atomic E-state index is 11.6. The number of nitro benzene ring substituents is 1. The summed E-state index contributed by atoms with van der Waals surface area (Å²) in [7, 11) is 3.07. The highest BCUT2D eigenvalue weighted by Gasteiger charge is 2.43. The van der Waals surface area contributed by atoms with Gasteiger partial charge in [-0.15, -0.1) is 0 Å². The van der Waals surface area contributed by atoms with E-state index >= 15 is 0 Å². The number of esters is 1. The Labute approximate surface area is 130 Å². The summed E-state index contributed by atoms with van der Waals surface area (Å²) in [6, 6.07) is 4.47. The van der Waals surface area contributed by atoms with Gasteiger partial charge >= 0.3 is 5.97 Å². The molecule has 1 aliphatic rings. The van der Waals surface area contributed by atoms with Crippen molar-refractivity contribution >= 4 is 11.7 Å². The van der Waals surface area contributed by atoms with Crippen LogP contribution in [-0.4, -0.2) is 25.1 Å². The van der Waals surface area contributed by atoms with Crippen LogP contribution in [0.1, 0.15) is 54.6 Å². The molecule has 0 bridgehead atoms. The molecule has 1 atom stereocenters. The van der Waals surface area contributed by atoms with Crippen molar-refractivity contribution in [2.45, 2.75) is 38.6 Å². The number of benzene rings is 1. The Kier molecular flexibility index (Phi) is 4.81. The Balaban J connectivity index is 2.35. The first kappa shape index (κ1) is 16.4. The van der Waals surface area contributed by atoms with Crippen LogP contribution in [0.4, 0.5) is 5.69 Å². The van der Waals surface area contributed by atoms with Crippen LogP contribution < -0.4 is 5.32 Å². The molecule has 0 amide bonds. The van der Waals surface area contributed by atoms with E-state index in [1.165, 1.54) is 26.0 Å². The third-order valence-corrected chi connectivity index (χ3v) is 4.72. The summed E-state index contributed by atoms with van der Waals surface area (Å²) in [6.45, 7) is 2.16. The minimum Gasteiger partial charge on any atom is -0.465 e. The van der Waals surface area contributed by atoms with Gasteiger partial charge in [-0.05, 0) is 43.9 Å². The fourth-order valence-electron chi connectivity index (χ4n) is 2.92. The van der Waals surface area contributed by atoms with E-state index in [4.69, 9.17) is 0 Å². The average Bonchev–Trinajstić information content (AvgIpc) is 3.31. The SMILES string of the molecule is CCC1(CC(NC)c2ccc(C(=O)OC)cc2[N+](=O)[O-])CC1. The van der Waals surface area contributed by atoms with Crippen LogP contribution in [0, 0.1) is 15.5 Å². The van der Waals surface area contributed by atoms with Gasteiger partial charge in [0.15, 0.2) is 0 Å². The van der Waals surface area contributed by atoms with Crippen LogP contribution in [0.3, 0.4) is 0 Å². The highest BCUT2D eigenvalue weighted by Crippen LogP contribution is 2.54. The maximum Gasteiger partial charge on any atom is 0.338 e. The second-order valence-corrected chi connectivity index (χ2v) is 5.92. The molecule has 6 heteroatoms. The van der Waals surface area contributed by atoms with E-state index in [1.807, 2.05) is 7.05 Å². The molecular formula is C16H22N2O4. The van der Waals surface area contributed by atoms with Gasteiger partial charge in [0, 0.05) is 17.7 Å². The largest absolute Gasteiger partial charge is 0.465 e. The topological polar surface area (TPSA) is 81.5 Å². The lowest BCUT2D eigenvalue weighted by atomic mass is 9.89. The van der Waals surface area contributed by atoms with Crippen molar-refractivity contribution in [3.63, 3.8) is 0 Å². The van der Waals surface area contributed by atoms with Gasteiger partial charge in [0.05, 0.1) is 17.6 Å². The van der Waals surface area contributed by atoms with Gasteiger partial charge in [-0.1, -0.05) is 13.3 Å². The van der Waals surface area contributed by atoms with Gasteiger partial charge in [-0.25, -0.2) is 4.79 Å². The molecule has 0 saturated heterocycles. The first-order valence-electron chi connectivity index (χ1n) is 7.50. The van der Waals surface area contributed by atoms with E-state index < -0.39 is 10.9 Å². The molecule has 1 fully saturated rings. The zero-order valence-electron chi connectivity index (χ0n) is 13.2. The zero-order chi connectivity index (χ0) is 16.3. The number of hydrogen-bond donors (Lipinski definition) is 1. The van der Waals surface area contributed by atoms with Crippen LogP contribution in [0.15, 0.2) is 18.2 Å². The Bertz CT molecular complexity index is 582. The molecule has 0 heterocycles. The summed E-state index contributed by atoms with van der Waals surface area (Å²) in [6.07, 6.45) is 4.31. The van der Waals surface area contributed by atoms with Gasteiger partial charge in [-0.3, -0.25) is 10.1 Å². The third kappa shape index (κ3) is 3.27. The fraction of sp³-hybridized carbons (Fsp3) is 0.562. The van der Waals surface area contributed by atoms with Gasteiger partial charge < -0.3 is 10.1 Å². The van der Waals surface area contributed by atoms with E-state index in [1.54, 1.807) is 12.1 Å². The Morgan fingerprint density at radius 2 is 2.18 bits per heavy atom. The lowest BCUT2D eigenvalue weighted by Crippen LogP contribution is -2.21. The molecule has 1 aromatic rings. The lowest BCUT2D eigenvalue weighted by Gasteiger charge is -2.22. The quantitative estimate of drug-likeness (QED) is 0.475. The predicted octanol–water partition coefficient (Wildman–Crippen LogP) is 3.22. The number of carbonyl (C=O) groups excluding carboxylic acids is 1. The Hall–Kier alpha value is -1.95. The van der Waals surface area contributed by atoms with Gasteiger partial charge in [0.1, 0.15) is 0 Å². The summed E-state index contributed by atoms with van der Waals surface area (Å²) in [5.41, 5.74) is 1.10. The van der Waals surface area contributed by atoms with E-state index in [0.717, 1.165) is 12.8 Å². The fourth-order valence-corrected chi connectivity index (χ4v) is 2.92. The molecule has 0 spiro atoms. The number of ether oxygens (including phenoxy) is 1. The monoisotopic (exact) mass is 306 g/mol. The van der Waals surface area contributed by atoms with Gasteiger partial charge in [-0.2, -0.15) is 0 Å². The number of nitrogens with zero attached hydrogens (tertiary/aromatic N) is 1. The van der Waals surface area contributed by atoms with E-state index in [-0.39, 0.29) is 17.3 Å². The molecule has 6 nitrogen and oxygen atoms in total. The van der Waals surface area contributed by atoms with Crippen LogP contribution in [-0.2, 0) is 4.74 Å². The Morgan fingerprint density at radius 3 is 2.64 bits per heavy atom. The number of carbonyl (C=O) groups is 1. The first-order chi connectivity index (χ1) is 10.5. The van der Waals surface area contributed by atoms with Crippen molar-refractivity contribution in [1.29, 1.82) is 0 Å². The molecule has 1 N–H and O–H groups in total. The molecule has 0 aliphatic heterocycles. The summed E-state index contributed by atoms with van der Waals surface area (Å²) >= 11 is 0. The van der Waals surface area contributed by atoms with Crippen LogP contribution in [0.5, 0.6) is 0 Å². The van der Waals surface area contributed by atoms with Crippen molar-refractivity contribution < 1.29 is 14.5 Å². The lowest BCUT2D eigenvalue weighted by molar-refractivity contribution is -0.385. The highest BCUT2D eigenvalue weighted by atomic mass is 16.6. The second-order valence-electron chi connectivity index (χ2n) is 5.92. The average molecular weight is 306 g/mol. The molecule has 1 aliphatic carbocycles. The number of rotatable bonds is 7. The Morgan fingerprint density at radius 1 is 1.50 bits per heavy atom. The smallest absolute Gasteiger partial charge is 0.338 e. The molecule has 0 aromatic heterocycles. The van der Waals surface area contributed by atoms with Crippen LogP contribution >= 0.6 is 0 Å². The van der Waals surface area contributed by atoms with Crippen molar-refractivity contribution in [3.8, 4) is 0 Å². The second kappa shape index (κ2) is 6.44. The summed E-state index contributed by atoms with van der Waals surface area (Å²) < 4.78 is 4.63. The molecule has 22 heavy (non-hydrogen) atoms. The van der Waals surface area contributed by atoms with Gasteiger partial charge in [0.25, 0.3) is 5.69 Å². The number of methoxy groups -OCH3 is 1. The standard InChI is InChI=1S/C16H22N2O4/c1-4-16(7-8-16)10-13(17-2)12-6-5-11(15(19)22-3)9-14(12)18(20)21/h5-6,9,13,17H,4,7-8,10H2,1-3H3. The number of nitro groups is 1. The molecule has 1 aromatic carbocycles. The van der Waals surface area contributed by atoms with Crippen molar-refractivity contribution in [3.05, 3.63) is 39.4 Å². The minimum absolute atomic E-state index is 0.0332. The van der Waals surface area contributed by atoms with E-state index in [9.17, 15) is 14.9 Å². The maximum atomic E-state index is 11.6. The predicted molar refractivity (Wildman–Crippen MR) is 82.8 cm³/mol. The molecule has 2 rings (SSSR count). The zero-order valence-corrected chi connectivity index (χ0v) is 13.2. The van der Waals surface area contributed by atoms with Crippen molar-refractivity contribution in [1.82, 2.24) is 5.32 Å². The molecule has 1 unspecified atom stereocenters. The van der Waals surface area contributed by atoms with Crippen LogP contribution in [0.25, 0.3) is 0 Å². The summed E-state index contributed by atoms with van der Waals surface area (Å²) in [5, 5.41) is 14.6. The number of nitrogens with one attached hydrogen (secondary N) is 1. The molecule has 1 saturated carbocycles. The van der Waals surface area contributed by atoms with Crippen LogP contribution in [0.2, 0.25) is 0 Å². The summed E-state index contributed by atoms with van der Waals surface area (Å²) in [5.74, 6) is -0.567. The van der Waals surface area contributed by atoms with E-state index in [0.29, 0.717) is 11.0 Å². The normalized spacial score (nSPS) is 16.9. The van der Waals surface area contributed by atoms with E-state index in [2.05, 4.69) is 17.0 Å². The molecular weight excluding hydrogens is 284 g/mol. The van der Waals surface area contributed by atoms with Crippen molar-refractivity contribution in [2.24, 2.45) is 5.41 Å². The highest BCUT2D eigenvalue weighted by molar-refractivity contribution is 5.90. The molecule has 0 radical (unpaired) electrons. The third-order valence-electron chi connectivity index (χ3n) is 4.72. The van der Waals surface area contributed by atoms with Gasteiger partial charge in [0.2, 0.25) is 0 Å². The van der Waals surface area contributed by atoms with Crippen molar-refractivity contribution in [2.75, 3.05) is 14.2 Å².